The normalized spacial score (nSPS) is 10.3. The van der Waals surface area contributed by atoms with Gasteiger partial charge in [-0.05, 0) is 26.0 Å². The summed E-state index contributed by atoms with van der Waals surface area (Å²) in [5.41, 5.74) is 6.72. The van der Waals surface area contributed by atoms with Crippen molar-refractivity contribution >= 4 is 11.7 Å². The van der Waals surface area contributed by atoms with Gasteiger partial charge < -0.3 is 15.6 Å². The number of rotatable bonds is 3. The molecule has 0 aliphatic heterocycles. The lowest BCUT2D eigenvalue weighted by molar-refractivity contribution is 0.0946. The van der Waals surface area contributed by atoms with Gasteiger partial charge in [-0.2, -0.15) is 4.98 Å². The maximum atomic E-state index is 11.8. The number of nitrogens with two attached hydrogens (primary N) is 1. The van der Waals surface area contributed by atoms with Crippen LogP contribution < -0.4 is 11.1 Å². The van der Waals surface area contributed by atoms with Gasteiger partial charge in [0.15, 0.2) is 5.82 Å². The molecule has 2 aromatic heterocycles. The van der Waals surface area contributed by atoms with Gasteiger partial charge in [-0.3, -0.25) is 4.79 Å². The third-order valence-corrected chi connectivity index (χ3v) is 2.21. The summed E-state index contributed by atoms with van der Waals surface area (Å²) in [6.45, 7) is 3.66. The summed E-state index contributed by atoms with van der Waals surface area (Å²) < 4.78 is 4.89. The molecular weight excluding hydrogens is 234 g/mol. The average Bonchev–Trinajstić information content (AvgIpc) is 2.70. The van der Waals surface area contributed by atoms with E-state index in [0.717, 1.165) is 0 Å². The minimum atomic E-state index is -0.261. The molecule has 18 heavy (non-hydrogen) atoms. The fourth-order valence-corrected chi connectivity index (χ4v) is 1.50. The Hall–Kier alpha value is -2.44. The van der Waals surface area contributed by atoms with E-state index in [-0.39, 0.29) is 12.5 Å². The number of aromatic nitrogens is 3. The highest BCUT2D eigenvalue weighted by Crippen LogP contribution is 2.07. The number of nitrogens with one attached hydrogen (secondary N) is 1. The van der Waals surface area contributed by atoms with Crippen LogP contribution in [0.15, 0.2) is 16.7 Å². The zero-order chi connectivity index (χ0) is 13.1. The SMILES string of the molecule is Cc1cc(C(=O)NCc2nc(C)no2)cc(N)n1. The van der Waals surface area contributed by atoms with Gasteiger partial charge in [0.05, 0.1) is 6.54 Å². The number of nitrogens with zero attached hydrogens (tertiary/aromatic N) is 3. The molecule has 0 aliphatic rings. The van der Waals surface area contributed by atoms with Gasteiger partial charge >= 0.3 is 0 Å². The molecule has 7 nitrogen and oxygen atoms in total. The summed E-state index contributed by atoms with van der Waals surface area (Å²) in [5.74, 6) is 0.944. The summed E-state index contributed by atoms with van der Waals surface area (Å²) in [6, 6.07) is 3.17. The number of amides is 1. The van der Waals surface area contributed by atoms with Crippen molar-refractivity contribution in [3.8, 4) is 0 Å². The Labute approximate surface area is 103 Å². The van der Waals surface area contributed by atoms with E-state index in [1.807, 2.05) is 0 Å². The van der Waals surface area contributed by atoms with Gasteiger partial charge in [0.25, 0.3) is 5.91 Å². The number of pyridine rings is 1. The van der Waals surface area contributed by atoms with Crippen molar-refractivity contribution in [3.63, 3.8) is 0 Å². The molecule has 94 valence electrons. The fourth-order valence-electron chi connectivity index (χ4n) is 1.50. The third kappa shape index (κ3) is 2.82. The van der Waals surface area contributed by atoms with E-state index in [1.54, 1.807) is 19.9 Å². The molecule has 7 heteroatoms. The van der Waals surface area contributed by atoms with Crippen LogP contribution in [0.3, 0.4) is 0 Å². The monoisotopic (exact) mass is 247 g/mol. The summed E-state index contributed by atoms with van der Waals surface area (Å²) in [6.07, 6.45) is 0. The van der Waals surface area contributed by atoms with Gasteiger partial charge in [-0.15, -0.1) is 0 Å². The molecule has 0 radical (unpaired) electrons. The molecule has 0 aliphatic carbocycles. The Balaban J connectivity index is 2.03. The van der Waals surface area contributed by atoms with Gasteiger partial charge in [-0.1, -0.05) is 5.16 Å². The lowest BCUT2D eigenvalue weighted by Crippen LogP contribution is -2.23. The van der Waals surface area contributed by atoms with Gasteiger partial charge in [0.2, 0.25) is 5.89 Å². The van der Waals surface area contributed by atoms with Crippen molar-refractivity contribution in [1.29, 1.82) is 0 Å². The van der Waals surface area contributed by atoms with Crippen molar-refractivity contribution in [1.82, 2.24) is 20.4 Å². The van der Waals surface area contributed by atoms with Crippen LogP contribution in [0.5, 0.6) is 0 Å². The maximum Gasteiger partial charge on any atom is 0.251 e. The average molecular weight is 247 g/mol. The molecular formula is C11H13N5O2. The van der Waals surface area contributed by atoms with E-state index >= 15 is 0 Å². The summed E-state index contributed by atoms with van der Waals surface area (Å²) in [5, 5.41) is 6.29. The molecule has 0 spiro atoms. The molecule has 1 amide bonds. The Bertz CT molecular complexity index is 558. The number of hydrogen-bond acceptors (Lipinski definition) is 6. The number of carbonyl (C=O) groups excluding carboxylic acids is 1. The Morgan fingerprint density at radius 3 is 2.78 bits per heavy atom. The van der Waals surface area contributed by atoms with Crippen LogP contribution in [-0.4, -0.2) is 21.0 Å². The van der Waals surface area contributed by atoms with Crippen molar-refractivity contribution in [3.05, 3.63) is 35.1 Å². The molecule has 2 rings (SSSR count). The maximum absolute atomic E-state index is 11.8. The van der Waals surface area contributed by atoms with Crippen LogP contribution in [0.4, 0.5) is 5.82 Å². The summed E-state index contributed by atoms with van der Waals surface area (Å²) in [4.78, 5) is 19.8. The molecule has 0 saturated carbocycles. The van der Waals surface area contributed by atoms with E-state index in [2.05, 4.69) is 20.4 Å². The molecule has 2 aromatic rings. The van der Waals surface area contributed by atoms with Crippen molar-refractivity contribution in [2.75, 3.05) is 5.73 Å². The van der Waals surface area contributed by atoms with Crippen LogP contribution in [0.2, 0.25) is 0 Å². The van der Waals surface area contributed by atoms with E-state index < -0.39 is 0 Å². The molecule has 0 atom stereocenters. The van der Waals surface area contributed by atoms with E-state index in [1.165, 1.54) is 6.07 Å². The summed E-state index contributed by atoms with van der Waals surface area (Å²) in [7, 11) is 0. The lowest BCUT2D eigenvalue weighted by atomic mass is 10.2. The summed E-state index contributed by atoms with van der Waals surface area (Å²) >= 11 is 0. The molecule has 0 aromatic carbocycles. The third-order valence-electron chi connectivity index (χ3n) is 2.21. The predicted molar refractivity (Wildman–Crippen MR) is 63.6 cm³/mol. The van der Waals surface area contributed by atoms with Crippen LogP contribution in [0.1, 0.15) is 27.8 Å². The number of aryl methyl sites for hydroxylation is 2. The smallest absolute Gasteiger partial charge is 0.251 e. The lowest BCUT2D eigenvalue weighted by Gasteiger charge is -2.04. The first kappa shape index (κ1) is 12.0. The highest BCUT2D eigenvalue weighted by atomic mass is 16.5. The molecule has 3 N–H and O–H groups in total. The molecule has 0 saturated heterocycles. The van der Waals surface area contributed by atoms with Gasteiger partial charge in [0, 0.05) is 11.3 Å². The van der Waals surface area contributed by atoms with Gasteiger partial charge in [-0.25, -0.2) is 4.98 Å². The number of carbonyl (C=O) groups is 1. The predicted octanol–water partition coefficient (Wildman–Crippen LogP) is 0.594. The Morgan fingerprint density at radius 1 is 1.39 bits per heavy atom. The van der Waals surface area contributed by atoms with Crippen molar-refractivity contribution in [2.24, 2.45) is 0 Å². The zero-order valence-electron chi connectivity index (χ0n) is 10.1. The van der Waals surface area contributed by atoms with Gasteiger partial charge in [0.1, 0.15) is 5.82 Å². The Morgan fingerprint density at radius 2 is 2.17 bits per heavy atom. The Kier molecular flexibility index (Phi) is 3.22. The van der Waals surface area contributed by atoms with Crippen LogP contribution in [-0.2, 0) is 6.54 Å². The topological polar surface area (TPSA) is 107 Å². The second-order valence-electron chi connectivity index (χ2n) is 3.84. The fraction of sp³-hybridized carbons (Fsp3) is 0.273. The number of nitrogen functional groups attached to an aromatic ring is 1. The molecule has 0 unspecified atom stereocenters. The van der Waals surface area contributed by atoms with Crippen molar-refractivity contribution in [2.45, 2.75) is 20.4 Å². The zero-order valence-corrected chi connectivity index (χ0v) is 10.1. The molecule has 0 bridgehead atoms. The quantitative estimate of drug-likeness (QED) is 0.822. The van der Waals surface area contributed by atoms with Crippen LogP contribution >= 0.6 is 0 Å². The highest BCUT2D eigenvalue weighted by Gasteiger charge is 2.09. The second-order valence-corrected chi connectivity index (χ2v) is 3.84. The number of hydrogen-bond donors (Lipinski definition) is 2. The first-order valence-corrected chi connectivity index (χ1v) is 5.36. The van der Waals surface area contributed by atoms with Crippen molar-refractivity contribution < 1.29 is 9.32 Å². The first-order chi connectivity index (χ1) is 8.54. The first-order valence-electron chi connectivity index (χ1n) is 5.36. The highest BCUT2D eigenvalue weighted by molar-refractivity contribution is 5.94. The van der Waals surface area contributed by atoms with E-state index in [9.17, 15) is 4.79 Å². The standard InChI is InChI=1S/C11H13N5O2/c1-6-3-8(4-9(12)14-6)11(17)13-5-10-15-7(2)16-18-10/h3-4H,5H2,1-2H3,(H2,12,14)(H,13,17). The van der Waals surface area contributed by atoms with Crippen LogP contribution in [0, 0.1) is 13.8 Å². The second kappa shape index (κ2) is 4.82. The minimum absolute atomic E-state index is 0.181. The molecule has 2 heterocycles. The molecule has 0 fully saturated rings. The van der Waals surface area contributed by atoms with E-state index in [4.69, 9.17) is 10.3 Å². The van der Waals surface area contributed by atoms with Crippen LogP contribution in [0.25, 0.3) is 0 Å². The van der Waals surface area contributed by atoms with E-state index in [0.29, 0.717) is 28.8 Å². The number of anilines is 1. The largest absolute Gasteiger partial charge is 0.384 e. The minimum Gasteiger partial charge on any atom is -0.384 e.